The number of nitrogens with zero attached hydrogens (tertiary/aromatic N) is 1. The van der Waals surface area contributed by atoms with E-state index < -0.39 is 0 Å². The molecule has 1 aromatic carbocycles. The van der Waals surface area contributed by atoms with Crippen LogP contribution in [0.1, 0.15) is 49.9 Å². The van der Waals surface area contributed by atoms with E-state index in [2.05, 4.69) is 5.32 Å². The molecule has 1 fully saturated rings. The van der Waals surface area contributed by atoms with Gasteiger partial charge in [0.25, 0.3) is 5.91 Å². The van der Waals surface area contributed by atoms with Crippen molar-refractivity contribution in [1.29, 1.82) is 0 Å². The first-order valence-corrected chi connectivity index (χ1v) is 7.96. The Bertz CT molecular complexity index is 541. The first kappa shape index (κ1) is 19.5. The normalized spacial score (nSPS) is 14.6. The highest BCUT2D eigenvalue weighted by atomic mass is 35.5. The van der Waals surface area contributed by atoms with E-state index in [0.717, 1.165) is 31.5 Å². The first-order valence-electron chi connectivity index (χ1n) is 7.96. The van der Waals surface area contributed by atoms with Gasteiger partial charge in [0.05, 0.1) is 0 Å². The minimum Gasteiger partial charge on any atom is -0.350 e. The van der Waals surface area contributed by atoms with Gasteiger partial charge in [-0.15, -0.1) is 12.4 Å². The van der Waals surface area contributed by atoms with Crippen molar-refractivity contribution in [2.45, 2.75) is 45.1 Å². The van der Waals surface area contributed by atoms with Crippen LogP contribution >= 0.6 is 12.4 Å². The summed E-state index contributed by atoms with van der Waals surface area (Å²) in [4.78, 5) is 25.6. The third kappa shape index (κ3) is 4.69. The highest BCUT2D eigenvalue weighted by Crippen LogP contribution is 2.21. The Morgan fingerprint density at radius 2 is 1.87 bits per heavy atom. The summed E-state index contributed by atoms with van der Waals surface area (Å²) in [5.41, 5.74) is 7.28. The Kier molecular flexibility index (Phi) is 7.03. The van der Waals surface area contributed by atoms with Crippen LogP contribution in [0.4, 0.5) is 5.69 Å². The van der Waals surface area contributed by atoms with Gasteiger partial charge >= 0.3 is 0 Å². The number of hydrogen-bond acceptors (Lipinski definition) is 3. The van der Waals surface area contributed by atoms with E-state index in [9.17, 15) is 9.59 Å². The number of anilines is 1. The smallest absolute Gasteiger partial charge is 0.251 e. The number of nitrogens with one attached hydrogen (secondary N) is 1. The lowest BCUT2D eigenvalue weighted by Crippen LogP contribution is -2.49. The minimum atomic E-state index is -0.350. The number of nitrogens with two attached hydrogens (primary N) is 1. The van der Waals surface area contributed by atoms with Gasteiger partial charge in [-0.25, -0.2) is 0 Å². The molecule has 2 rings (SSSR count). The second kappa shape index (κ2) is 8.31. The van der Waals surface area contributed by atoms with Crippen LogP contribution < -0.4 is 16.0 Å². The Balaban J connectivity index is 0.00000264. The lowest BCUT2D eigenvalue weighted by molar-refractivity contribution is -0.117. The molecule has 0 spiro atoms. The predicted molar refractivity (Wildman–Crippen MR) is 95.1 cm³/mol. The second-order valence-electron chi connectivity index (χ2n) is 5.95. The number of rotatable bonds is 6. The third-order valence-corrected chi connectivity index (χ3v) is 4.52. The molecule has 6 heteroatoms. The molecule has 2 amide bonds. The van der Waals surface area contributed by atoms with Crippen LogP contribution in [0.2, 0.25) is 0 Å². The Hall–Kier alpha value is -1.59. The molecule has 1 aliphatic heterocycles. The summed E-state index contributed by atoms with van der Waals surface area (Å²) in [5, 5.41) is 2.89. The van der Waals surface area contributed by atoms with Crippen LogP contribution in [0, 0.1) is 0 Å². The quantitative estimate of drug-likeness (QED) is 0.836. The molecule has 3 N–H and O–H groups in total. The fourth-order valence-corrected chi connectivity index (χ4v) is 2.57. The number of halogens is 1. The summed E-state index contributed by atoms with van der Waals surface area (Å²) in [6.45, 7) is 5.27. The maximum atomic E-state index is 12.2. The summed E-state index contributed by atoms with van der Waals surface area (Å²) >= 11 is 0. The molecule has 0 bridgehead atoms. The molecule has 0 aliphatic carbocycles. The standard InChI is InChI=1S/C17H25N3O2.ClH/c1-3-17(18,4-2)12-19-16(22)13-7-9-14(10-8-13)20-11-5-6-15(20)21;/h7-10H,3-6,11-12,18H2,1-2H3,(H,19,22);1H. The van der Waals surface area contributed by atoms with Crippen molar-refractivity contribution >= 4 is 29.9 Å². The average molecular weight is 340 g/mol. The van der Waals surface area contributed by atoms with Crippen LogP contribution in [0.15, 0.2) is 24.3 Å². The fraction of sp³-hybridized carbons (Fsp3) is 0.529. The monoisotopic (exact) mass is 339 g/mol. The topological polar surface area (TPSA) is 75.4 Å². The van der Waals surface area contributed by atoms with Gasteiger partial charge in [-0.05, 0) is 43.5 Å². The van der Waals surface area contributed by atoms with Gasteiger partial charge in [0.1, 0.15) is 0 Å². The van der Waals surface area contributed by atoms with Gasteiger partial charge in [-0.3, -0.25) is 9.59 Å². The highest BCUT2D eigenvalue weighted by Gasteiger charge is 2.23. The van der Waals surface area contributed by atoms with Crippen molar-refractivity contribution in [2.75, 3.05) is 18.0 Å². The fourth-order valence-electron chi connectivity index (χ4n) is 2.57. The van der Waals surface area contributed by atoms with E-state index in [1.165, 1.54) is 0 Å². The summed E-state index contributed by atoms with van der Waals surface area (Å²) in [6, 6.07) is 7.17. The van der Waals surface area contributed by atoms with Crippen LogP contribution in [-0.2, 0) is 4.79 Å². The van der Waals surface area contributed by atoms with Crippen molar-refractivity contribution < 1.29 is 9.59 Å². The van der Waals surface area contributed by atoms with E-state index in [1.54, 1.807) is 17.0 Å². The number of hydrogen-bond donors (Lipinski definition) is 2. The molecule has 1 aromatic rings. The van der Waals surface area contributed by atoms with Gasteiger partial charge in [0.2, 0.25) is 5.91 Å². The van der Waals surface area contributed by atoms with Gasteiger partial charge in [-0.2, -0.15) is 0 Å². The van der Waals surface area contributed by atoms with Crippen molar-refractivity contribution in [2.24, 2.45) is 5.73 Å². The maximum Gasteiger partial charge on any atom is 0.251 e. The summed E-state index contributed by atoms with van der Waals surface area (Å²) in [5.74, 6) is 0.0204. The summed E-state index contributed by atoms with van der Waals surface area (Å²) in [7, 11) is 0. The van der Waals surface area contributed by atoms with Crippen molar-refractivity contribution in [3.05, 3.63) is 29.8 Å². The van der Waals surface area contributed by atoms with Crippen LogP contribution in [0.25, 0.3) is 0 Å². The SMILES string of the molecule is CCC(N)(CC)CNC(=O)c1ccc(N2CCCC2=O)cc1.Cl. The molecule has 0 saturated carbocycles. The van der Waals surface area contributed by atoms with Crippen LogP contribution in [0.5, 0.6) is 0 Å². The van der Waals surface area contributed by atoms with E-state index in [0.29, 0.717) is 18.5 Å². The van der Waals surface area contributed by atoms with Gasteiger partial charge in [-0.1, -0.05) is 13.8 Å². The third-order valence-electron chi connectivity index (χ3n) is 4.52. The molecule has 0 aromatic heterocycles. The van der Waals surface area contributed by atoms with E-state index in [1.807, 2.05) is 26.0 Å². The zero-order chi connectivity index (χ0) is 16.2. The number of carbonyl (C=O) groups excluding carboxylic acids is 2. The second-order valence-corrected chi connectivity index (χ2v) is 5.95. The molecule has 5 nitrogen and oxygen atoms in total. The number of carbonyl (C=O) groups is 2. The van der Waals surface area contributed by atoms with Crippen molar-refractivity contribution in [1.82, 2.24) is 5.32 Å². The molecular formula is C17H26ClN3O2. The van der Waals surface area contributed by atoms with Crippen molar-refractivity contribution in [3.8, 4) is 0 Å². The molecule has 1 saturated heterocycles. The Morgan fingerprint density at radius 3 is 2.35 bits per heavy atom. The first-order chi connectivity index (χ1) is 10.5. The molecule has 1 heterocycles. The molecule has 128 valence electrons. The predicted octanol–water partition coefficient (Wildman–Crippen LogP) is 2.48. The summed E-state index contributed by atoms with van der Waals surface area (Å²) < 4.78 is 0. The van der Waals surface area contributed by atoms with E-state index in [-0.39, 0.29) is 29.8 Å². The highest BCUT2D eigenvalue weighted by molar-refractivity contribution is 5.97. The Labute approximate surface area is 144 Å². The van der Waals surface area contributed by atoms with Crippen molar-refractivity contribution in [3.63, 3.8) is 0 Å². The van der Waals surface area contributed by atoms with Crippen LogP contribution in [-0.4, -0.2) is 30.4 Å². The van der Waals surface area contributed by atoms with E-state index in [4.69, 9.17) is 5.73 Å². The maximum absolute atomic E-state index is 12.2. The van der Waals surface area contributed by atoms with Crippen LogP contribution in [0.3, 0.4) is 0 Å². The zero-order valence-electron chi connectivity index (χ0n) is 13.8. The molecule has 23 heavy (non-hydrogen) atoms. The summed E-state index contributed by atoms with van der Waals surface area (Å²) in [6.07, 6.45) is 3.14. The Morgan fingerprint density at radius 1 is 1.26 bits per heavy atom. The van der Waals surface area contributed by atoms with Gasteiger partial charge in [0.15, 0.2) is 0 Å². The molecule has 1 aliphatic rings. The molecule has 0 radical (unpaired) electrons. The van der Waals surface area contributed by atoms with Gasteiger partial charge in [0, 0.05) is 36.3 Å². The lowest BCUT2D eigenvalue weighted by Gasteiger charge is -2.26. The van der Waals surface area contributed by atoms with E-state index >= 15 is 0 Å². The van der Waals surface area contributed by atoms with Gasteiger partial charge < -0.3 is 16.0 Å². The minimum absolute atomic E-state index is 0. The number of benzene rings is 1. The average Bonchev–Trinajstić information content (AvgIpc) is 2.98. The molecule has 0 unspecified atom stereocenters. The molecular weight excluding hydrogens is 314 g/mol. The largest absolute Gasteiger partial charge is 0.350 e. The lowest BCUT2D eigenvalue weighted by atomic mass is 9.94. The molecule has 0 atom stereocenters. The zero-order valence-corrected chi connectivity index (χ0v) is 14.6. The number of amides is 2.